The number of aliphatic hydroxyl groups is 1. The van der Waals surface area contributed by atoms with Crippen LogP contribution in [-0.4, -0.2) is 5.11 Å². The van der Waals surface area contributed by atoms with Crippen molar-refractivity contribution < 1.29 is 5.11 Å². The van der Waals surface area contributed by atoms with Crippen molar-refractivity contribution in [2.75, 3.05) is 0 Å². The number of rotatable bonds is 3. The van der Waals surface area contributed by atoms with E-state index in [1.54, 1.807) is 6.08 Å². The second kappa shape index (κ2) is 4.22. The van der Waals surface area contributed by atoms with Crippen LogP contribution in [0.4, 0.5) is 0 Å². The van der Waals surface area contributed by atoms with Gasteiger partial charge in [-0.15, -0.1) is 0 Å². The summed E-state index contributed by atoms with van der Waals surface area (Å²) in [5, 5.41) is 8.75. The molecular formula is C10H16O. The minimum atomic E-state index is 0.169. The summed E-state index contributed by atoms with van der Waals surface area (Å²) in [5.41, 5.74) is 0. The first-order chi connectivity index (χ1) is 5.29. The summed E-state index contributed by atoms with van der Waals surface area (Å²) in [6.45, 7) is 3.39. The van der Waals surface area contributed by atoms with Gasteiger partial charge >= 0.3 is 0 Å². The molecule has 0 amide bonds. The molecule has 1 rings (SSSR count). The van der Waals surface area contributed by atoms with E-state index >= 15 is 0 Å². The minimum absolute atomic E-state index is 0.169. The number of hydrogen-bond acceptors (Lipinski definition) is 1. The van der Waals surface area contributed by atoms with E-state index in [0.717, 1.165) is 12.3 Å². The van der Waals surface area contributed by atoms with E-state index in [1.807, 2.05) is 6.08 Å². The lowest BCUT2D eigenvalue weighted by molar-refractivity contribution is 0.434. The molecule has 1 aliphatic carbocycles. The molecule has 0 radical (unpaired) electrons. The summed E-state index contributed by atoms with van der Waals surface area (Å²) in [7, 11) is 0. The van der Waals surface area contributed by atoms with Crippen molar-refractivity contribution in [3.8, 4) is 0 Å². The molecule has 1 fully saturated rings. The average Bonchev–Trinajstić information content (AvgIpc) is 2.39. The van der Waals surface area contributed by atoms with Gasteiger partial charge in [-0.05, 0) is 18.4 Å². The molecule has 0 aromatic heterocycles. The minimum Gasteiger partial charge on any atom is -0.509 e. The SMILES string of the molecule is C=C(O)/C=C/CC1CCCC1. The standard InChI is InChI=1S/C10H16O/c1-9(11)5-4-8-10-6-2-3-7-10/h4-5,10-11H,1-3,6-8H2/b5-4+. The maximum Gasteiger partial charge on any atom is 0.108 e. The van der Waals surface area contributed by atoms with Gasteiger partial charge in [0.1, 0.15) is 5.76 Å². The van der Waals surface area contributed by atoms with Gasteiger partial charge in [-0.25, -0.2) is 0 Å². The summed E-state index contributed by atoms with van der Waals surface area (Å²) in [5.74, 6) is 1.04. The van der Waals surface area contributed by atoms with Crippen molar-refractivity contribution in [3.05, 3.63) is 24.5 Å². The Kier molecular flexibility index (Phi) is 3.21. The Morgan fingerprint density at radius 3 is 2.64 bits per heavy atom. The van der Waals surface area contributed by atoms with Crippen LogP contribution in [0.1, 0.15) is 32.1 Å². The molecule has 0 aromatic rings. The molecule has 0 atom stereocenters. The van der Waals surface area contributed by atoms with Crippen molar-refractivity contribution in [2.24, 2.45) is 5.92 Å². The predicted molar refractivity (Wildman–Crippen MR) is 47.5 cm³/mol. The number of hydrogen-bond donors (Lipinski definition) is 1. The van der Waals surface area contributed by atoms with Crippen LogP contribution in [0.15, 0.2) is 24.5 Å². The normalized spacial score (nSPS) is 19.6. The van der Waals surface area contributed by atoms with E-state index in [2.05, 4.69) is 6.58 Å². The lowest BCUT2D eigenvalue weighted by Gasteiger charge is -2.02. The van der Waals surface area contributed by atoms with Gasteiger partial charge in [0, 0.05) is 0 Å². The highest BCUT2D eigenvalue weighted by Crippen LogP contribution is 2.27. The fraction of sp³-hybridized carbons (Fsp3) is 0.600. The Bertz CT molecular complexity index is 152. The molecule has 0 unspecified atom stereocenters. The van der Waals surface area contributed by atoms with Crippen LogP contribution in [0.25, 0.3) is 0 Å². The highest BCUT2D eigenvalue weighted by molar-refractivity contribution is 5.05. The lowest BCUT2D eigenvalue weighted by Crippen LogP contribution is -1.88. The topological polar surface area (TPSA) is 20.2 Å². The van der Waals surface area contributed by atoms with Crippen LogP contribution in [0.5, 0.6) is 0 Å². The van der Waals surface area contributed by atoms with Crippen molar-refractivity contribution in [1.82, 2.24) is 0 Å². The maximum atomic E-state index is 8.75. The summed E-state index contributed by atoms with van der Waals surface area (Å²) in [6, 6.07) is 0. The molecule has 1 aliphatic rings. The van der Waals surface area contributed by atoms with Gasteiger partial charge < -0.3 is 5.11 Å². The molecule has 0 bridgehead atoms. The van der Waals surface area contributed by atoms with Crippen LogP contribution in [0.3, 0.4) is 0 Å². The van der Waals surface area contributed by atoms with Crippen LogP contribution in [-0.2, 0) is 0 Å². The first-order valence-electron chi connectivity index (χ1n) is 4.33. The summed E-state index contributed by atoms with van der Waals surface area (Å²) < 4.78 is 0. The Labute approximate surface area is 68.4 Å². The Morgan fingerprint density at radius 1 is 1.45 bits per heavy atom. The summed E-state index contributed by atoms with van der Waals surface area (Å²) in [6.07, 6.45) is 10.3. The zero-order valence-electron chi connectivity index (χ0n) is 6.92. The van der Waals surface area contributed by atoms with Crippen molar-refractivity contribution in [2.45, 2.75) is 32.1 Å². The third-order valence-corrected chi connectivity index (χ3v) is 2.25. The monoisotopic (exact) mass is 152 g/mol. The van der Waals surface area contributed by atoms with E-state index < -0.39 is 0 Å². The van der Waals surface area contributed by atoms with E-state index in [0.29, 0.717) is 0 Å². The molecule has 0 aliphatic heterocycles. The Morgan fingerprint density at radius 2 is 2.09 bits per heavy atom. The van der Waals surface area contributed by atoms with Crippen LogP contribution < -0.4 is 0 Å². The molecule has 11 heavy (non-hydrogen) atoms. The molecule has 1 saturated carbocycles. The van der Waals surface area contributed by atoms with Crippen molar-refractivity contribution in [3.63, 3.8) is 0 Å². The molecule has 0 saturated heterocycles. The highest BCUT2D eigenvalue weighted by atomic mass is 16.3. The van der Waals surface area contributed by atoms with E-state index in [9.17, 15) is 0 Å². The van der Waals surface area contributed by atoms with Gasteiger partial charge in [0.2, 0.25) is 0 Å². The largest absolute Gasteiger partial charge is 0.509 e. The predicted octanol–water partition coefficient (Wildman–Crippen LogP) is 3.19. The second-order valence-electron chi connectivity index (χ2n) is 3.28. The van der Waals surface area contributed by atoms with Crippen LogP contribution in [0.2, 0.25) is 0 Å². The molecule has 1 nitrogen and oxygen atoms in total. The van der Waals surface area contributed by atoms with Gasteiger partial charge in [-0.2, -0.15) is 0 Å². The van der Waals surface area contributed by atoms with E-state index in [4.69, 9.17) is 5.11 Å². The lowest BCUT2D eigenvalue weighted by atomic mass is 10.0. The van der Waals surface area contributed by atoms with E-state index in [-0.39, 0.29) is 5.76 Å². The van der Waals surface area contributed by atoms with Crippen LogP contribution in [0, 0.1) is 5.92 Å². The fourth-order valence-electron chi connectivity index (χ4n) is 1.64. The molecule has 0 heterocycles. The third kappa shape index (κ3) is 3.26. The first-order valence-corrected chi connectivity index (χ1v) is 4.33. The van der Waals surface area contributed by atoms with Crippen molar-refractivity contribution in [1.29, 1.82) is 0 Å². The van der Waals surface area contributed by atoms with Crippen molar-refractivity contribution >= 4 is 0 Å². The Balaban J connectivity index is 2.15. The average molecular weight is 152 g/mol. The zero-order chi connectivity index (χ0) is 8.10. The smallest absolute Gasteiger partial charge is 0.108 e. The first kappa shape index (κ1) is 8.38. The summed E-state index contributed by atoms with van der Waals surface area (Å²) in [4.78, 5) is 0. The molecule has 62 valence electrons. The quantitative estimate of drug-likeness (QED) is 0.486. The Hall–Kier alpha value is -0.720. The van der Waals surface area contributed by atoms with Crippen LogP contribution >= 0.6 is 0 Å². The molecular weight excluding hydrogens is 136 g/mol. The summed E-state index contributed by atoms with van der Waals surface area (Å²) >= 11 is 0. The van der Waals surface area contributed by atoms with Gasteiger partial charge in [-0.3, -0.25) is 0 Å². The molecule has 1 N–H and O–H groups in total. The van der Waals surface area contributed by atoms with Gasteiger partial charge in [0.25, 0.3) is 0 Å². The third-order valence-electron chi connectivity index (χ3n) is 2.25. The molecule has 0 aromatic carbocycles. The molecule has 1 heteroatoms. The van der Waals surface area contributed by atoms with E-state index in [1.165, 1.54) is 25.7 Å². The van der Waals surface area contributed by atoms with Gasteiger partial charge in [-0.1, -0.05) is 38.3 Å². The maximum absolute atomic E-state index is 8.75. The highest BCUT2D eigenvalue weighted by Gasteiger charge is 2.12. The number of allylic oxidation sites excluding steroid dienone is 2. The number of aliphatic hydroxyl groups excluding tert-OH is 1. The zero-order valence-corrected chi connectivity index (χ0v) is 6.92. The second-order valence-corrected chi connectivity index (χ2v) is 3.28. The van der Waals surface area contributed by atoms with Gasteiger partial charge in [0.05, 0.1) is 0 Å². The fourth-order valence-corrected chi connectivity index (χ4v) is 1.64. The molecule has 0 spiro atoms. The van der Waals surface area contributed by atoms with Gasteiger partial charge in [0.15, 0.2) is 0 Å².